The fourth-order valence-electron chi connectivity index (χ4n) is 5.05. The van der Waals surface area contributed by atoms with Gasteiger partial charge in [-0.15, -0.1) is 33.3 Å². The number of aliphatic hydroxyl groups is 3. The highest BCUT2D eigenvalue weighted by atomic mass is 32.2. The molecule has 0 saturated carbocycles. The molecule has 0 unspecified atom stereocenters. The van der Waals surface area contributed by atoms with E-state index in [1.165, 1.54) is 34.9 Å². The minimum absolute atomic E-state index is 0.271. The number of hydrogen-bond acceptors (Lipinski definition) is 13. The molecule has 0 bridgehead atoms. The van der Waals surface area contributed by atoms with Gasteiger partial charge in [0.1, 0.15) is 52.2 Å². The molecular weight excluding hydrogens is 558 g/mol. The summed E-state index contributed by atoms with van der Waals surface area (Å²) in [6.45, 7) is 0.133. The summed E-state index contributed by atoms with van der Waals surface area (Å²) >= 11 is 2.76. The molecule has 1 aromatic carbocycles. The summed E-state index contributed by atoms with van der Waals surface area (Å²) < 4.78 is 21.0. The first kappa shape index (κ1) is 27.4. The highest BCUT2D eigenvalue weighted by molar-refractivity contribution is 8.00. The lowest BCUT2D eigenvalue weighted by Crippen LogP contribution is -2.56. The first-order valence-corrected chi connectivity index (χ1v) is 14.6. The molecule has 2 fully saturated rings. The van der Waals surface area contributed by atoms with Gasteiger partial charge in [-0.3, -0.25) is 0 Å². The van der Waals surface area contributed by atoms with Crippen LogP contribution in [0.5, 0.6) is 0 Å². The Labute approximate surface area is 237 Å². The van der Waals surface area contributed by atoms with E-state index in [2.05, 4.69) is 25.6 Å². The summed E-state index contributed by atoms with van der Waals surface area (Å²) in [4.78, 5) is 4.27. The van der Waals surface area contributed by atoms with Crippen LogP contribution in [0.4, 0.5) is 0 Å². The van der Waals surface area contributed by atoms with Crippen molar-refractivity contribution in [1.82, 2.24) is 35.0 Å². The average Bonchev–Trinajstić information content (AvgIpc) is 3.77. The van der Waals surface area contributed by atoms with Crippen LogP contribution in [0.25, 0.3) is 22.0 Å². The van der Waals surface area contributed by atoms with Crippen molar-refractivity contribution in [2.45, 2.75) is 47.2 Å². The molecule has 3 aromatic heterocycles. The lowest BCUT2D eigenvalue weighted by Gasteiger charge is -2.45. The molecule has 13 nitrogen and oxygen atoms in total. The van der Waals surface area contributed by atoms with Gasteiger partial charge < -0.3 is 29.5 Å². The van der Waals surface area contributed by atoms with Crippen LogP contribution in [0.2, 0.25) is 0 Å². The quantitative estimate of drug-likeness (QED) is 0.269. The third kappa shape index (κ3) is 5.31. The zero-order chi connectivity index (χ0) is 27.6. The Morgan fingerprint density at radius 2 is 1.82 bits per heavy atom. The number of thiazole rings is 1. The lowest BCUT2D eigenvalue weighted by atomic mass is 9.97. The molecule has 6 rings (SSSR count). The maximum absolute atomic E-state index is 11.4. The number of hydrogen-bond donors (Lipinski definition) is 3. The molecule has 2 aliphatic rings. The van der Waals surface area contributed by atoms with Crippen molar-refractivity contribution >= 4 is 23.1 Å². The molecule has 40 heavy (non-hydrogen) atoms. The number of nitrogens with zero attached hydrogens (tertiary/aromatic N) is 7. The van der Waals surface area contributed by atoms with E-state index in [0.717, 1.165) is 5.56 Å². The summed E-state index contributed by atoms with van der Waals surface area (Å²) in [5, 5.41) is 51.7. The van der Waals surface area contributed by atoms with Gasteiger partial charge in [-0.1, -0.05) is 40.8 Å². The Balaban J connectivity index is 1.21. The SMILES string of the molecule is CO[C@@H]1[C@@H](n2cc(-c3nccs3)nn2)[C@@H](O)[C@@H](CO)O[C@H]1S[C@@H]1COC[C@H](n2cc(-c3ccccc3)nn2)[C@H]1O. The van der Waals surface area contributed by atoms with Crippen LogP contribution in [-0.2, 0) is 14.2 Å². The summed E-state index contributed by atoms with van der Waals surface area (Å²) in [5.74, 6) is 0. The minimum atomic E-state index is -1.12. The number of aromatic nitrogens is 7. The number of methoxy groups -OCH3 is 1. The van der Waals surface area contributed by atoms with Crippen molar-refractivity contribution in [3.63, 3.8) is 0 Å². The highest BCUT2D eigenvalue weighted by Gasteiger charge is 2.49. The van der Waals surface area contributed by atoms with Crippen LogP contribution in [0.1, 0.15) is 12.1 Å². The maximum atomic E-state index is 11.4. The molecule has 15 heteroatoms. The zero-order valence-corrected chi connectivity index (χ0v) is 23.1. The van der Waals surface area contributed by atoms with Gasteiger partial charge in [-0.25, -0.2) is 14.3 Å². The molecule has 2 aliphatic heterocycles. The molecular formula is C25H29N7O6S2. The van der Waals surface area contributed by atoms with Crippen LogP contribution < -0.4 is 0 Å². The van der Waals surface area contributed by atoms with Crippen molar-refractivity contribution in [2.75, 3.05) is 26.9 Å². The molecule has 3 N–H and O–H groups in total. The Bertz CT molecular complexity index is 1370. The van der Waals surface area contributed by atoms with Crippen LogP contribution in [0.3, 0.4) is 0 Å². The highest BCUT2D eigenvalue weighted by Crippen LogP contribution is 2.41. The van der Waals surface area contributed by atoms with Crippen LogP contribution in [-0.4, -0.2) is 112 Å². The van der Waals surface area contributed by atoms with E-state index in [1.54, 1.807) is 23.3 Å². The van der Waals surface area contributed by atoms with Crippen molar-refractivity contribution in [2.24, 2.45) is 0 Å². The van der Waals surface area contributed by atoms with Gasteiger partial charge in [0, 0.05) is 24.3 Å². The van der Waals surface area contributed by atoms with Gasteiger partial charge in [0.15, 0.2) is 0 Å². The van der Waals surface area contributed by atoms with E-state index < -0.39 is 53.8 Å². The predicted molar refractivity (Wildman–Crippen MR) is 145 cm³/mol. The van der Waals surface area contributed by atoms with E-state index in [4.69, 9.17) is 14.2 Å². The Morgan fingerprint density at radius 1 is 1.05 bits per heavy atom. The Kier molecular flexibility index (Phi) is 8.22. The third-order valence-electron chi connectivity index (χ3n) is 7.14. The van der Waals surface area contributed by atoms with Gasteiger partial charge in [0.2, 0.25) is 0 Å². The van der Waals surface area contributed by atoms with Crippen molar-refractivity contribution in [3.05, 3.63) is 54.3 Å². The van der Waals surface area contributed by atoms with Gasteiger partial charge >= 0.3 is 0 Å². The number of ether oxygens (including phenoxy) is 3. The maximum Gasteiger partial charge on any atom is 0.145 e. The molecule has 0 amide bonds. The second-order valence-corrected chi connectivity index (χ2v) is 11.8. The summed E-state index contributed by atoms with van der Waals surface area (Å²) in [5.41, 5.74) is 1.52. The summed E-state index contributed by atoms with van der Waals surface area (Å²) in [7, 11) is 1.52. The van der Waals surface area contributed by atoms with Crippen molar-refractivity contribution < 1.29 is 29.5 Å². The van der Waals surface area contributed by atoms with E-state index in [0.29, 0.717) is 16.4 Å². The second kappa shape index (κ2) is 12.0. The smallest absolute Gasteiger partial charge is 0.145 e. The van der Waals surface area contributed by atoms with Gasteiger partial charge in [-0.2, -0.15) is 0 Å². The fourth-order valence-corrected chi connectivity index (χ4v) is 7.13. The van der Waals surface area contributed by atoms with E-state index in [1.807, 2.05) is 35.7 Å². The number of benzene rings is 1. The Hall–Kier alpha value is -2.76. The number of rotatable bonds is 8. The van der Waals surface area contributed by atoms with Crippen LogP contribution in [0.15, 0.2) is 54.3 Å². The van der Waals surface area contributed by atoms with Crippen LogP contribution >= 0.6 is 23.1 Å². The fraction of sp³-hybridized carbons (Fsp3) is 0.480. The normalized spacial score (nSPS) is 30.9. The predicted octanol–water partition coefficient (Wildman–Crippen LogP) is 1.03. The van der Waals surface area contributed by atoms with E-state index >= 15 is 0 Å². The van der Waals surface area contributed by atoms with E-state index in [9.17, 15) is 15.3 Å². The molecule has 212 valence electrons. The third-order valence-corrected chi connectivity index (χ3v) is 9.35. The average molecular weight is 588 g/mol. The minimum Gasteiger partial charge on any atom is -0.394 e. The molecule has 4 aromatic rings. The molecule has 5 heterocycles. The molecule has 0 radical (unpaired) electrons. The molecule has 8 atom stereocenters. The van der Waals surface area contributed by atoms with E-state index in [-0.39, 0.29) is 13.2 Å². The first-order chi connectivity index (χ1) is 19.6. The Morgan fingerprint density at radius 3 is 2.58 bits per heavy atom. The molecule has 2 saturated heterocycles. The summed E-state index contributed by atoms with van der Waals surface area (Å²) in [6, 6.07) is 8.51. The first-order valence-electron chi connectivity index (χ1n) is 12.7. The van der Waals surface area contributed by atoms with Gasteiger partial charge in [0.25, 0.3) is 0 Å². The summed E-state index contributed by atoms with van der Waals surface area (Å²) in [6.07, 6.45) is 1.63. The topological polar surface area (TPSA) is 163 Å². The largest absolute Gasteiger partial charge is 0.394 e. The second-order valence-electron chi connectivity index (χ2n) is 9.55. The van der Waals surface area contributed by atoms with Crippen molar-refractivity contribution in [1.29, 1.82) is 0 Å². The number of thioether (sulfide) groups is 1. The molecule has 0 aliphatic carbocycles. The molecule has 0 spiro atoms. The van der Waals surface area contributed by atoms with Crippen LogP contribution in [0, 0.1) is 0 Å². The zero-order valence-electron chi connectivity index (χ0n) is 21.4. The monoisotopic (exact) mass is 587 g/mol. The van der Waals surface area contributed by atoms with Crippen molar-refractivity contribution in [3.8, 4) is 22.0 Å². The van der Waals surface area contributed by atoms with Gasteiger partial charge in [-0.05, 0) is 0 Å². The number of aliphatic hydroxyl groups excluding tert-OH is 3. The van der Waals surface area contributed by atoms with Gasteiger partial charge in [0.05, 0.1) is 43.6 Å². The standard InChI is InChI=1S/C25H29N7O6S2/c1-36-23-20(32-10-16(28-30-32)24-26-7-8-39-24)22(35)18(11-33)38-25(23)40-19-13-37-12-17(21(19)34)31-9-15(27-29-31)14-5-3-2-4-6-14/h2-10,17-23,25,33-35H,11-13H2,1H3/t17-,18+,19+,20-,21+,22-,23+,25-/m0/s1. The lowest BCUT2D eigenvalue weighted by molar-refractivity contribution is -0.186.